The number of nitrogens with one attached hydrogen (secondary N) is 2. The molecule has 0 aliphatic carbocycles. The second-order valence-corrected chi connectivity index (χ2v) is 11.0. The number of carbonyl (C=O) groups is 2. The van der Waals surface area contributed by atoms with Crippen molar-refractivity contribution in [2.75, 3.05) is 31.5 Å². The smallest absolute Gasteiger partial charge is 0.234 e. The zero-order valence-electron chi connectivity index (χ0n) is 23.3. The van der Waals surface area contributed by atoms with Crippen LogP contribution in [0, 0.1) is 11.7 Å². The molecule has 1 fully saturated rings. The summed E-state index contributed by atoms with van der Waals surface area (Å²) in [5, 5.41) is 5.91. The molecule has 0 saturated carbocycles. The summed E-state index contributed by atoms with van der Waals surface area (Å²) in [7, 11) is 0. The van der Waals surface area contributed by atoms with Crippen LogP contribution >= 0.6 is 0 Å². The Labute approximate surface area is 231 Å². The fraction of sp³-hybridized carbons (Fsp3) is 0.394. The van der Waals surface area contributed by atoms with E-state index in [0.717, 1.165) is 55.6 Å². The molecule has 2 N–H and O–H groups in total. The lowest BCUT2D eigenvalue weighted by Crippen LogP contribution is -2.44. The van der Waals surface area contributed by atoms with E-state index in [1.165, 1.54) is 6.07 Å². The summed E-state index contributed by atoms with van der Waals surface area (Å²) in [5.74, 6) is -0.431. The molecule has 1 aliphatic heterocycles. The number of carbonyl (C=O) groups excluding carboxylic acids is 2. The van der Waals surface area contributed by atoms with Gasteiger partial charge in [0.2, 0.25) is 11.8 Å². The third-order valence-electron chi connectivity index (χ3n) is 7.92. The molecule has 6 heteroatoms. The highest BCUT2D eigenvalue weighted by Gasteiger charge is 2.36. The van der Waals surface area contributed by atoms with Crippen LogP contribution < -0.4 is 10.6 Å². The van der Waals surface area contributed by atoms with Crippen molar-refractivity contribution in [1.29, 1.82) is 0 Å². The van der Waals surface area contributed by atoms with Crippen LogP contribution in [-0.2, 0) is 15.0 Å². The molecule has 0 radical (unpaired) electrons. The van der Waals surface area contributed by atoms with E-state index in [-0.39, 0.29) is 23.4 Å². The molecule has 0 spiro atoms. The van der Waals surface area contributed by atoms with Crippen molar-refractivity contribution in [3.05, 3.63) is 101 Å². The lowest BCUT2D eigenvalue weighted by Gasteiger charge is -2.33. The van der Waals surface area contributed by atoms with Gasteiger partial charge < -0.3 is 15.5 Å². The van der Waals surface area contributed by atoms with Gasteiger partial charge >= 0.3 is 0 Å². The Morgan fingerprint density at radius 1 is 0.949 bits per heavy atom. The fourth-order valence-electron chi connectivity index (χ4n) is 5.31. The van der Waals surface area contributed by atoms with E-state index in [9.17, 15) is 14.0 Å². The first-order valence-electron chi connectivity index (χ1n) is 14.0. The van der Waals surface area contributed by atoms with E-state index in [1.54, 1.807) is 19.9 Å². The Kier molecular flexibility index (Phi) is 9.52. The van der Waals surface area contributed by atoms with E-state index in [4.69, 9.17) is 0 Å². The van der Waals surface area contributed by atoms with Crippen molar-refractivity contribution in [2.45, 2.75) is 51.4 Å². The number of rotatable bonds is 10. The van der Waals surface area contributed by atoms with E-state index in [1.807, 2.05) is 73.7 Å². The van der Waals surface area contributed by atoms with Crippen LogP contribution in [0.5, 0.6) is 0 Å². The largest absolute Gasteiger partial charge is 0.355 e. The van der Waals surface area contributed by atoms with Crippen LogP contribution in [0.15, 0.2) is 78.9 Å². The maximum absolute atomic E-state index is 14.3. The maximum atomic E-state index is 14.3. The highest BCUT2D eigenvalue weighted by atomic mass is 19.1. The van der Waals surface area contributed by atoms with Gasteiger partial charge in [-0.05, 0) is 80.6 Å². The number of nitrogens with zero attached hydrogens (tertiary/aromatic N) is 1. The predicted molar refractivity (Wildman–Crippen MR) is 155 cm³/mol. The molecule has 4 rings (SSSR count). The second-order valence-electron chi connectivity index (χ2n) is 11.0. The number of benzene rings is 3. The zero-order valence-corrected chi connectivity index (χ0v) is 23.3. The van der Waals surface area contributed by atoms with Crippen LogP contribution in [0.25, 0.3) is 0 Å². The SMILES string of the molecule is CC(C)C(=O)Nc1cc(C2CCN(CCCNC(=O)C(C)(c3ccccc3)c3ccccc3)CC2)ccc1F. The molecule has 1 heterocycles. The molecular weight excluding hydrogens is 489 g/mol. The Bertz CT molecular complexity index is 1200. The monoisotopic (exact) mass is 529 g/mol. The topological polar surface area (TPSA) is 61.4 Å². The van der Waals surface area contributed by atoms with Crippen molar-refractivity contribution in [2.24, 2.45) is 5.92 Å². The quantitative estimate of drug-likeness (QED) is 0.312. The standard InChI is InChI=1S/C33H40FN3O2/c1-24(2)31(38)36-30-23-26(15-16-29(30)34)25-17-21-37(22-18-25)20-10-19-35-32(39)33(3,27-11-6-4-7-12-27)28-13-8-5-9-14-28/h4-9,11-16,23-25H,10,17-22H2,1-3H3,(H,35,39)(H,36,38). The maximum Gasteiger partial charge on any atom is 0.234 e. The normalized spacial score (nSPS) is 14.8. The van der Waals surface area contributed by atoms with Crippen LogP contribution in [0.3, 0.4) is 0 Å². The number of hydrogen-bond acceptors (Lipinski definition) is 3. The Morgan fingerprint density at radius 3 is 2.10 bits per heavy atom. The lowest BCUT2D eigenvalue weighted by atomic mass is 9.75. The molecule has 0 aromatic heterocycles. The van der Waals surface area contributed by atoms with Crippen molar-refractivity contribution in [1.82, 2.24) is 10.2 Å². The third kappa shape index (κ3) is 6.93. The Balaban J connectivity index is 1.27. The molecule has 206 valence electrons. The predicted octanol–water partition coefficient (Wildman–Crippen LogP) is 6.11. The van der Waals surface area contributed by atoms with Crippen molar-refractivity contribution in [3.8, 4) is 0 Å². The van der Waals surface area contributed by atoms with Gasteiger partial charge in [-0.15, -0.1) is 0 Å². The van der Waals surface area contributed by atoms with Gasteiger partial charge in [0.1, 0.15) is 5.82 Å². The Morgan fingerprint density at radius 2 is 1.54 bits per heavy atom. The van der Waals surface area contributed by atoms with Gasteiger partial charge in [0.15, 0.2) is 0 Å². The molecule has 3 aromatic rings. The summed E-state index contributed by atoms with van der Waals surface area (Å²) in [6.45, 7) is 9.02. The van der Waals surface area contributed by atoms with Gasteiger partial charge in [-0.3, -0.25) is 9.59 Å². The minimum Gasteiger partial charge on any atom is -0.355 e. The number of likely N-dealkylation sites (tertiary alicyclic amines) is 1. The summed E-state index contributed by atoms with van der Waals surface area (Å²) in [6.07, 6.45) is 2.84. The van der Waals surface area contributed by atoms with Gasteiger partial charge in [-0.2, -0.15) is 0 Å². The summed E-state index contributed by atoms with van der Waals surface area (Å²) in [5.41, 5.74) is 2.53. The van der Waals surface area contributed by atoms with Crippen molar-refractivity contribution < 1.29 is 14.0 Å². The number of hydrogen-bond donors (Lipinski definition) is 2. The molecule has 3 aromatic carbocycles. The molecular formula is C33H40FN3O2. The first-order chi connectivity index (χ1) is 18.8. The van der Waals surface area contributed by atoms with Gasteiger partial charge in [-0.25, -0.2) is 4.39 Å². The molecule has 2 amide bonds. The highest BCUT2D eigenvalue weighted by Crippen LogP contribution is 2.33. The van der Waals surface area contributed by atoms with Gasteiger partial charge in [-0.1, -0.05) is 80.6 Å². The molecule has 0 atom stereocenters. The third-order valence-corrected chi connectivity index (χ3v) is 7.92. The summed E-state index contributed by atoms with van der Waals surface area (Å²) >= 11 is 0. The van der Waals surface area contributed by atoms with E-state index in [0.29, 0.717) is 12.5 Å². The fourth-order valence-corrected chi connectivity index (χ4v) is 5.31. The van der Waals surface area contributed by atoms with E-state index < -0.39 is 11.2 Å². The Hall–Kier alpha value is -3.51. The summed E-state index contributed by atoms with van der Waals surface area (Å²) in [6, 6.07) is 25.0. The molecule has 1 saturated heterocycles. The number of halogens is 1. The zero-order chi connectivity index (χ0) is 27.8. The van der Waals surface area contributed by atoms with Crippen molar-refractivity contribution >= 4 is 17.5 Å². The minimum atomic E-state index is -0.760. The second kappa shape index (κ2) is 13.0. The summed E-state index contributed by atoms with van der Waals surface area (Å²) in [4.78, 5) is 28.0. The molecule has 5 nitrogen and oxygen atoms in total. The van der Waals surface area contributed by atoms with E-state index in [2.05, 4.69) is 15.5 Å². The molecule has 0 bridgehead atoms. The van der Waals surface area contributed by atoms with Crippen LogP contribution in [-0.4, -0.2) is 42.9 Å². The molecule has 39 heavy (non-hydrogen) atoms. The van der Waals surface area contributed by atoms with Crippen LogP contribution in [0.4, 0.5) is 10.1 Å². The number of anilines is 1. The van der Waals surface area contributed by atoms with Gasteiger partial charge in [0.25, 0.3) is 0 Å². The molecule has 0 unspecified atom stereocenters. The van der Waals surface area contributed by atoms with Gasteiger partial charge in [0.05, 0.1) is 11.1 Å². The highest BCUT2D eigenvalue weighted by molar-refractivity contribution is 5.92. The lowest BCUT2D eigenvalue weighted by molar-refractivity contribution is -0.125. The van der Waals surface area contributed by atoms with Crippen LogP contribution in [0.2, 0.25) is 0 Å². The number of amides is 2. The van der Waals surface area contributed by atoms with Crippen LogP contribution in [0.1, 0.15) is 62.6 Å². The number of piperidine rings is 1. The molecule has 1 aliphatic rings. The first-order valence-corrected chi connectivity index (χ1v) is 14.0. The van der Waals surface area contributed by atoms with Gasteiger partial charge in [0, 0.05) is 12.5 Å². The summed E-state index contributed by atoms with van der Waals surface area (Å²) < 4.78 is 14.3. The van der Waals surface area contributed by atoms with E-state index >= 15 is 0 Å². The van der Waals surface area contributed by atoms with Crippen molar-refractivity contribution in [3.63, 3.8) is 0 Å². The average molecular weight is 530 g/mol. The first kappa shape index (κ1) is 28.5. The average Bonchev–Trinajstić information content (AvgIpc) is 2.97. The minimum absolute atomic E-state index is 0.00952.